The van der Waals surface area contributed by atoms with E-state index >= 15 is 0 Å². The Bertz CT molecular complexity index is 1070. The van der Waals surface area contributed by atoms with Gasteiger partial charge >= 0.3 is 0 Å². The van der Waals surface area contributed by atoms with Crippen molar-refractivity contribution < 1.29 is 4.74 Å². The number of anilines is 2. The molecule has 0 unspecified atom stereocenters. The highest BCUT2D eigenvalue weighted by Gasteiger charge is 2.09. The van der Waals surface area contributed by atoms with E-state index in [4.69, 9.17) is 10.00 Å². The normalized spacial score (nSPS) is 10.4. The van der Waals surface area contributed by atoms with Gasteiger partial charge in [0.05, 0.1) is 17.8 Å². The molecule has 4 rings (SSSR count). The molecular weight excluding hydrogens is 314 g/mol. The van der Waals surface area contributed by atoms with Gasteiger partial charge in [0, 0.05) is 11.5 Å². The van der Waals surface area contributed by atoms with Crippen LogP contribution >= 0.6 is 0 Å². The Morgan fingerprint density at radius 1 is 1.04 bits per heavy atom. The number of aromatic nitrogens is 3. The third-order valence-electron chi connectivity index (χ3n) is 3.65. The van der Waals surface area contributed by atoms with E-state index in [9.17, 15) is 0 Å². The summed E-state index contributed by atoms with van der Waals surface area (Å²) in [6.45, 7) is 0. The highest BCUT2D eigenvalue weighted by atomic mass is 16.5. The molecule has 0 aliphatic carbocycles. The van der Waals surface area contributed by atoms with E-state index < -0.39 is 0 Å². The molecule has 0 spiro atoms. The Hall–Kier alpha value is -3.85. The molecule has 0 aliphatic rings. The molecule has 0 bridgehead atoms. The van der Waals surface area contributed by atoms with Gasteiger partial charge in [-0.1, -0.05) is 24.3 Å². The number of H-pyrrole nitrogens is 1. The van der Waals surface area contributed by atoms with E-state index in [1.165, 1.54) is 0 Å². The van der Waals surface area contributed by atoms with E-state index in [-0.39, 0.29) is 0 Å². The van der Waals surface area contributed by atoms with Crippen molar-refractivity contribution in [2.45, 2.75) is 0 Å². The Kier molecular flexibility index (Phi) is 3.73. The number of pyridine rings is 1. The summed E-state index contributed by atoms with van der Waals surface area (Å²) in [6, 6.07) is 20.7. The molecular formula is C19H13N5O. The Morgan fingerprint density at radius 3 is 2.80 bits per heavy atom. The van der Waals surface area contributed by atoms with Crippen LogP contribution in [0.15, 0.2) is 66.9 Å². The van der Waals surface area contributed by atoms with Crippen LogP contribution in [-0.4, -0.2) is 15.2 Å². The fourth-order valence-electron chi connectivity index (χ4n) is 2.51. The zero-order chi connectivity index (χ0) is 17.1. The predicted octanol–water partition coefficient (Wildman–Crippen LogP) is 4.37. The Morgan fingerprint density at radius 2 is 1.96 bits per heavy atom. The average molecular weight is 327 g/mol. The van der Waals surface area contributed by atoms with Crippen molar-refractivity contribution in [1.29, 1.82) is 5.26 Å². The molecule has 6 heteroatoms. The van der Waals surface area contributed by atoms with Gasteiger partial charge in [-0.25, -0.2) is 0 Å². The highest BCUT2D eigenvalue weighted by Crippen LogP contribution is 2.31. The molecule has 4 aromatic rings. The first-order chi connectivity index (χ1) is 12.3. The predicted molar refractivity (Wildman–Crippen MR) is 94.8 cm³/mol. The van der Waals surface area contributed by atoms with Crippen molar-refractivity contribution >= 4 is 22.4 Å². The summed E-state index contributed by atoms with van der Waals surface area (Å²) in [6.07, 6.45) is 1.66. The summed E-state index contributed by atoms with van der Waals surface area (Å²) in [5, 5.41) is 20.8. The summed E-state index contributed by atoms with van der Waals surface area (Å²) in [5.74, 6) is 2.40. The van der Waals surface area contributed by atoms with Gasteiger partial charge < -0.3 is 10.1 Å². The lowest BCUT2D eigenvalue weighted by Gasteiger charge is -2.11. The number of ether oxygens (including phenoxy) is 1. The monoisotopic (exact) mass is 327 g/mol. The van der Waals surface area contributed by atoms with Gasteiger partial charge in [0.2, 0.25) is 5.88 Å². The van der Waals surface area contributed by atoms with Gasteiger partial charge in [-0.05, 0) is 35.7 Å². The lowest BCUT2D eigenvalue weighted by molar-refractivity contribution is 0.470. The van der Waals surface area contributed by atoms with Crippen LogP contribution < -0.4 is 10.1 Å². The summed E-state index contributed by atoms with van der Waals surface area (Å²) < 4.78 is 5.97. The topological polar surface area (TPSA) is 86.6 Å². The molecule has 2 aromatic heterocycles. The zero-order valence-electron chi connectivity index (χ0n) is 13.1. The molecule has 2 aromatic carbocycles. The van der Waals surface area contributed by atoms with Crippen molar-refractivity contribution in [2.75, 3.05) is 5.32 Å². The first kappa shape index (κ1) is 14.7. The number of fused-ring (bicyclic) bond motifs is 1. The van der Waals surface area contributed by atoms with Gasteiger partial charge in [0.15, 0.2) is 0 Å². The van der Waals surface area contributed by atoms with Crippen molar-refractivity contribution in [3.8, 4) is 17.7 Å². The van der Waals surface area contributed by atoms with Gasteiger partial charge in [-0.2, -0.15) is 15.3 Å². The minimum absolute atomic E-state index is 0.468. The third-order valence-corrected chi connectivity index (χ3v) is 3.65. The second kappa shape index (κ2) is 6.34. The molecule has 25 heavy (non-hydrogen) atoms. The molecule has 0 amide bonds. The second-order valence-electron chi connectivity index (χ2n) is 5.37. The largest absolute Gasteiger partial charge is 0.438 e. The molecule has 0 saturated heterocycles. The van der Waals surface area contributed by atoms with Crippen LogP contribution in [0.25, 0.3) is 10.8 Å². The summed E-state index contributed by atoms with van der Waals surface area (Å²) in [4.78, 5) is 4.56. The zero-order valence-corrected chi connectivity index (χ0v) is 13.1. The number of aromatic amines is 1. The number of nitrogens with zero attached hydrogens (tertiary/aromatic N) is 3. The van der Waals surface area contributed by atoms with Crippen molar-refractivity contribution in [1.82, 2.24) is 15.2 Å². The first-order valence-corrected chi connectivity index (χ1v) is 7.66. The number of nitriles is 1. The van der Waals surface area contributed by atoms with Crippen molar-refractivity contribution in [3.05, 3.63) is 72.4 Å². The number of nitrogens with one attached hydrogen (secondary N) is 2. The molecule has 6 nitrogen and oxygen atoms in total. The molecule has 120 valence electrons. The third kappa shape index (κ3) is 3.12. The standard InChI is InChI=1S/C19H13N5O/c20-12-13-4-3-6-15(10-13)25-19-16-7-2-1-5-14(16)11-18(23-19)22-17-8-9-21-24-17/h1-11H,(H2,21,22,23,24). The maximum Gasteiger partial charge on any atom is 0.229 e. The minimum Gasteiger partial charge on any atom is -0.438 e. The summed E-state index contributed by atoms with van der Waals surface area (Å²) >= 11 is 0. The van der Waals surface area contributed by atoms with Gasteiger partial charge in [0.1, 0.15) is 17.4 Å². The van der Waals surface area contributed by atoms with Crippen LogP contribution in [0.4, 0.5) is 11.6 Å². The van der Waals surface area contributed by atoms with Crippen molar-refractivity contribution in [2.24, 2.45) is 0 Å². The van der Waals surface area contributed by atoms with Gasteiger partial charge in [0.25, 0.3) is 0 Å². The Labute approximate surface area is 143 Å². The summed E-state index contributed by atoms with van der Waals surface area (Å²) in [5.41, 5.74) is 0.536. The van der Waals surface area contributed by atoms with E-state index in [1.54, 1.807) is 30.5 Å². The molecule has 0 aliphatic heterocycles. The quantitative estimate of drug-likeness (QED) is 0.581. The van der Waals surface area contributed by atoms with Crippen LogP contribution in [0.3, 0.4) is 0 Å². The van der Waals surface area contributed by atoms with Gasteiger partial charge in [-0.3, -0.25) is 5.10 Å². The highest BCUT2D eigenvalue weighted by molar-refractivity contribution is 5.89. The van der Waals surface area contributed by atoms with E-state index in [0.29, 0.717) is 23.0 Å². The van der Waals surface area contributed by atoms with E-state index in [0.717, 1.165) is 16.6 Å². The van der Waals surface area contributed by atoms with Crippen LogP contribution in [0.2, 0.25) is 0 Å². The Balaban J connectivity index is 1.76. The number of hydrogen-bond acceptors (Lipinski definition) is 5. The smallest absolute Gasteiger partial charge is 0.229 e. The molecule has 0 radical (unpaired) electrons. The maximum absolute atomic E-state index is 9.05. The lowest BCUT2D eigenvalue weighted by Crippen LogP contribution is -1.97. The molecule has 0 atom stereocenters. The lowest BCUT2D eigenvalue weighted by atomic mass is 10.1. The van der Waals surface area contributed by atoms with E-state index in [2.05, 4.69) is 26.6 Å². The second-order valence-corrected chi connectivity index (χ2v) is 5.37. The summed E-state index contributed by atoms with van der Waals surface area (Å²) in [7, 11) is 0. The fourth-order valence-corrected chi connectivity index (χ4v) is 2.51. The number of benzene rings is 2. The van der Waals surface area contributed by atoms with Crippen LogP contribution in [0.1, 0.15) is 5.56 Å². The SMILES string of the molecule is N#Cc1cccc(Oc2nc(Nc3ccn[nH]3)cc3ccccc23)c1. The van der Waals surface area contributed by atoms with Crippen LogP contribution in [0, 0.1) is 11.3 Å². The number of rotatable bonds is 4. The van der Waals surface area contributed by atoms with Gasteiger partial charge in [-0.15, -0.1) is 0 Å². The van der Waals surface area contributed by atoms with Crippen LogP contribution in [0.5, 0.6) is 11.6 Å². The first-order valence-electron chi connectivity index (χ1n) is 7.66. The molecule has 2 N–H and O–H groups in total. The minimum atomic E-state index is 0.468. The van der Waals surface area contributed by atoms with Crippen LogP contribution in [-0.2, 0) is 0 Å². The fraction of sp³-hybridized carbons (Fsp3) is 0. The maximum atomic E-state index is 9.05. The molecule has 0 saturated carbocycles. The molecule has 2 heterocycles. The van der Waals surface area contributed by atoms with Crippen molar-refractivity contribution in [3.63, 3.8) is 0 Å². The average Bonchev–Trinajstić information content (AvgIpc) is 3.15. The number of hydrogen-bond donors (Lipinski definition) is 2. The van der Waals surface area contributed by atoms with E-state index in [1.807, 2.05) is 36.4 Å². The molecule has 0 fully saturated rings.